The van der Waals surface area contributed by atoms with Crippen LogP contribution < -0.4 is 5.32 Å². The first kappa shape index (κ1) is 32.3. The van der Waals surface area contributed by atoms with Crippen LogP contribution in [0.4, 0.5) is 0 Å². The number of carbonyl (C=O) groups excluding carboxylic acids is 2. The third kappa shape index (κ3) is 7.58. The molecule has 3 aromatic carbocycles. The molecule has 11 heteroatoms. The molecule has 0 aliphatic carbocycles. The van der Waals surface area contributed by atoms with Crippen molar-refractivity contribution in [2.45, 2.75) is 65.0 Å². The summed E-state index contributed by atoms with van der Waals surface area (Å²) in [6.45, 7) is 8.92. The zero-order valence-corrected chi connectivity index (χ0v) is 26.8. The van der Waals surface area contributed by atoms with E-state index in [0.29, 0.717) is 48.1 Å². The van der Waals surface area contributed by atoms with Gasteiger partial charge in [0.15, 0.2) is 6.73 Å². The summed E-state index contributed by atoms with van der Waals surface area (Å²) in [6, 6.07) is 24.0. The molecule has 1 saturated heterocycles. The number of tetrazole rings is 1. The van der Waals surface area contributed by atoms with Crippen LogP contribution in [-0.4, -0.2) is 60.7 Å². The Morgan fingerprint density at radius 2 is 1.78 bits per heavy atom. The van der Waals surface area contributed by atoms with Gasteiger partial charge in [0.1, 0.15) is 0 Å². The van der Waals surface area contributed by atoms with E-state index in [-0.39, 0.29) is 25.0 Å². The standard InChI is InChI=1S/C34H39ClN6O4/c1-32(2)22-40(18-17-34(32,44)27-13-15-28(35)16-14-27)29(42)20-33(3,4)36-31(43)26-12-8-11-25(19-26)30-37-39-41(38-30)23-45-21-24-9-6-5-7-10-24/h5-16,19,44H,17-18,20-23H2,1-4H3,(H,36,43)/t34-/m0/s1. The largest absolute Gasteiger partial charge is 0.384 e. The van der Waals surface area contributed by atoms with Gasteiger partial charge in [-0.05, 0) is 60.9 Å². The van der Waals surface area contributed by atoms with Crippen LogP contribution in [-0.2, 0) is 28.5 Å². The summed E-state index contributed by atoms with van der Waals surface area (Å²) in [6.07, 6.45) is 0.498. The summed E-state index contributed by atoms with van der Waals surface area (Å²) in [5, 5.41) is 27.8. The minimum atomic E-state index is -1.10. The van der Waals surface area contributed by atoms with Crippen molar-refractivity contribution in [3.05, 3.63) is 101 Å². The number of nitrogens with zero attached hydrogens (tertiary/aromatic N) is 5. The van der Waals surface area contributed by atoms with Gasteiger partial charge in [0.2, 0.25) is 11.7 Å². The summed E-state index contributed by atoms with van der Waals surface area (Å²) in [5.74, 6) is -0.0337. The summed E-state index contributed by atoms with van der Waals surface area (Å²) in [4.78, 5) is 29.9. The number of ether oxygens (including phenoxy) is 1. The molecule has 0 unspecified atom stereocenters. The van der Waals surface area contributed by atoms with E-state index >= 15 is 0 Å². The second-order valence-electron chi connectivity index (χ2n) is 12.9. The molecule has 1 atom stereocenters. The van der Waals surface area contributed by atoms with Crippen LogP contribution in [0.25, 0.3) is 11.4 Å². The second kappa shape index (κ2) is 13.1. The number of hydrogen-bond donors (Lipinski definition) is 2. The van der Waals surface area contributed by atoms with Crippen LogP contribution in [0.1, 0.15) is 62.0 Å². The SMILES string of the molecule is CC(C)(CC(=O)N1CC[C@](O)(c2ccc(Cl)cc2)C(C)(C)C1)NC(=O)c1cccc(-c2nnn(COCc3ccccc3)n2)c1. The van der Waals surface area contributed by atoms with Gasteiger partial charge in [-0.3, -0.25) is 9.59 Å². The molecule has 1 aromatic heterocycles. The molecule has 1 fully saturated rings. The number of benzene rings is 3. The smallest absolute Gasteiger partial charge is 0.251 e. The van der Waals surface area contributed by atoms with Gasteiger partial charge >= 0.3 is 0 Å². The molecular formula is C34H39ClN6O4. The number of carbonyl (C=O) groups is 2. The van der Waals surface area contributed by atoms with E-state index in [1.807, 2.05) is 70.2 Å². The Morgan fingerprint density at radius 3 is 2.49 bits per heavy atom. The van der Waals surface area contributed by atoms with Crippen molar-refractivity contribution in [1.82, 2.24) is 30.4 Å². The fourth-order valence-corrected chi connectivity index (χ4v) is 5.87. The predicted octanol–water partition coefficient (Wildman–Crippen LogP) is 5.21. The normalized spacial score (nSPS) is 18.0. The number of rotatable bonds is 10. The van der Waals surface area contributed by atoms with E-state index in [1.165, 1.54) is 4.80 Å². The maximum absolute atomic E-state index is 13.4. The zero-order chi connectivity index (χ0) is 32.2. The lowest BCUT2D eigenvalue weighted by molar-refractivity contribution is -0.154. The molecule has 10 nitrogen and oxygen atoms in total. The molecule has 2 amide bonds. The Labute approximate surface area is 268 Å². The van der Waals surface area contributed by atoms with Gasteiger partial charge in [-0.15, -0.1) is 15.0 Å². The van der Waals surface area contributed by atoms with Gasteiger partial charge in [-0.25, -0.2) is 0 Å². The second-order valence-corrected chi connectivity index (χ2v) is 13.3. The lowest BCUT2D eigenvalue weighted by Gasteiger charge is -2.51. The number of hydrogen-bond acceptors (Lipinski definition) is 7. The van der Waals surface area contributed by atoms with Gasteiger partial charge in [-0.1, -0.05) is 80.0 Å². The van der Waals surface area contributed by atoms with Crippen molar-refractivity contribution >= 4 is 23.4 Å². The molecule has 2 N–H and O–H groups in total. The van der Waals surface area contributed by atoms with Crippen molar-refractivity contribution in [2.24, 2.45) is 5.41 Å². The Kier molecular flexibility index (Phi) is 9.38. The van der Waals surface area contributed by atoms with Crippen LogP contribution in [0.15, 0.2) is 78.9 Å². The van der Waals surface area contributed by atoms with Crippen LogP contribution in [0.5, 0.6) is 0 Å². The number of piperidine rings is 1. The van der Waals surface area contributed by atoms with Crippen molar-refractivity contribution in [2.75, 3.05) is 13.1 Å². The van der Waals surface area contributed by atoms with E-state index in [2.05, 4.69) is 20.7 Å². The molecule has 5 rings (SSSR count). The molecule has 0 saturated carbocycles. The fourth-order valence-electron chi connectivity index (χ4n) is 5.74. The lowest BCUT2D eigenvalue weighted by atomic mass is 9.66. The number of halogens is 1. The van der Waals surface area contributed by atoms with E-state index in [9.17, 15) is 14.7 Å². The van der Waals surface area contributed by atoms with Crippen molar-refractivity contribution < 1.29 is 19.4 Å². The summed E-state index contributed by atoms with van der Waals surface area (Å²) in [7, 11) is 0. The number of aromatic nitrogens is 4. The molecule has 236 valence electrons. The summed E-state index contributed by atoms with van der Waals surface area (Å²) < 4.78 is 5.68. The minimum absolute atomic E-state index is 0.0874. The molecule has 0 spiro atoms. The molecule has 4 aromatic rings. The number of nitrogens with one attached hydrogen (secondary N) is 1. The minimum Gasteiger partial charge on any atom is -0.384 e. The average Bonchev–Trinajstić information content (AvgIpc) is 3.48. The van der Waals surface area contributed by atoms with E-state index in [1.54, 1.807) is 41.3 Å². The molecule has 0 radical (unpaired) electrons. The molecule has 2 heterocycles. The Balaban J connectivity index is 1.17. The third-order valence-corrected chi connectivity index (χ3v) is 8.57. The monoisotopic (exact) mass is 630 g/mol. The number of aliphatic hydroxyl groups is 1. The topological polar surface area (TPSA) is 122 Å². The first-order valence-corrected chi connectivity index (χ1v) is 15.3. The summed E-state index contributed by atoms with van der Waals surface area (Å²) >= 11 is 6.06. The van der Waals surface area contributed by atoms with Crippen molar-refractivity contribution in [1.29, 1.82) is 0 Å². The third-order valence-electron chi connectivity index (χ3n) is 8.32. The molecule has 1 aliphatic rings. The lowest BCUT2D eigenvalue weighted by Crippen LogP contribution is -2.58. The first-order chi connectivity index (χ1) is 21.3. The van der Waals surface area contributed by atoms with E-state index < -0.39 is 16.6 Å². The van der Waals surface area contributed by atoms with Crippen LogP contribution in [0, 0.1) is 5.41 Å². The number of likely N-dealkylation sites (tertiary alicyclic amines) is 1. The molecular weight excluding hydrogens is 592 g/mol. The van der Waals surface area contributed by atoms with Crippen molar-refractivity contribution in [3.8, 4) is 11.4 Å². The van der Waals surface area contributed by atoms with Gasteiger partial charge in [0.05, 0.1) is 12.2 Å². The Hall–Kier alpha value is -4.12. The van der Waals surface area contributed by atoms with Crippen LogP contribution in [0.2, 0.25) is 5.02 Å². The maximum atomic E-state index is 13.4. The Morgan fingerprint density at radius 1 is 1.04 bits per heavy atom. The number of amides is 2. The molecule has 0 bridgehead atoms. The van der Waals surface area contributed by atoms with Gasteiger partial charge in [-0.2, -0.15) is 0 Å². The highest BCUT2D eigenvalue weighted by molar-refractivity contribution is 6.30. The van der Waals surface area contributed by atoms with Gasteiger partial charge < -0.3 is 20.1 Å². The fraction of sp³-hybridized carbons (Fsp3) is 0.382. The first-order valence-electron chi connectivity index (χ1n) is 14.9. The molecule has 1 aliphatic heterocycles. The average molecular weight is 631 g/mol. The Bertz CT molecular complexity index is 1640. The van der Waals surface area contributed by atoms with Gasteiger partial charge in [0, 0.05) is 46.6 Å². The quantitative estimate of drug-likeness (QED) is 0.247. The van der Waals surface area contributed by atoms with Crippen molar-refractivity contribution in [3.63, 3.8) is 0 Å². The maximum Gasteiger partial charge on any atom is 0.251 e. The highest BCUT2D eigenvalue weighted by atomic mass is 35.5. The summed E-state index contributed by atoms with van der Waals surface area (Å²) in [5.41, 5.74) is 0.349. The van der Waals surface area contributed by atoms with E-state index in [0.717, 1.165) is 11.1 Å². The highest BCUT2D eigenvalue weighted by Gasteiger charge is 2.49. The highest BCUT2D eigenvalue weighted by Crippen LogP contribution is 2.46. The molecule has 45 heavy (non-hydrogen) atoms. The van der Waals surface area contributed by atoms with E-state index in [4.69, 9.17) is 16.3 Å². The van der Waals surface area contributed by atoms with Gasteiger partial charge in [0.25, 0.3) is 5.91 Å². The predicted molar refractivity (Wildman–Crippen MR) is 171 cm³/mol. The van der Waals surface area contributed by atoms with Crippen LogP contribution >= 0.6 is 11.6 Å². The van der Waals surface area contributed by atoms with Crippen LogP contribution in [0.3, 0.4) is 0 Å². The zero-order valence-electron chi connectivity index (χ0n) is 26.0.